The molecule has 3 rings (SSSR count). The quantitative estimate of drug-likeness (QED) is 0.617. The molecule has 0 aliphatic carbocycles. The molecule has 0 bridgehead atoms. The van der Waals surface area contributed by atoms with Gasteiger partial charge in [-0.05, 0) is 81.3 Å². The molecule has 1 saturated heterocycles. The summed E-state index contributed by atoms with van der Waals surface area (Å²) >= 11 is 0. The van der Waals surface area contributed by atoms with Crippen LogP contribution < -0.4 is 9.47 Å². The minimum absolute atomic E-state index is 0.159. The summed E-state index contributed by atoms with van der Waals surface area (Å²) in [6.07, 6.45) is 3.31. The Balaban J connectivity index is 1.58. The zero-order valence-corrected chi connectivity index (χ0v) is 19.0. The van der Waals surface area contributed by atoms with E-state index in [1.807, 2.05) is 12.1 Å². The molecule has 2 aromatic rings. The molecule has 0 unspecified atom stereocenters. The lowest BCUT2D eigenvalue weighted by Crippen LogP contribution is -2.28. The van der Waals surface area contributed by atoms with Crippen molar-refractivity contribution in [2.45, 2.75) is 39.0 Å². The Kier molecular flexibility index (Phi) is 9.13. The molecule has 0 radical (unpaired) electrons. The van der Waals surface area contributed by atoms with Crippen LogP contribution in [0.1, 0.15) is 36.0 Å². The second kappa shape index (κ2) is 12.0. The molecular formula is C25H35FN2O3. The molecule has 1 heterocycles. The molecule has 0 spiro atoms. The van der Waals surface area contributed by atoms with Crippen molar-refractivity contribution < 1.29 is 18.6 Å². The number of halogens is 1. The zero-order chi connectivity index (χ0) is 22.1. The van der Waals surface area contributed by atoms with Gasteiger partial charge in [-0.25, -0.2) is 4.39 Å². The van der Waals surface area contributed by atoms with Gasteiger partial charge in [-0.1, -0.05) is 6.07 Å². The van der Waals surface area contributed by atoms with Gasteiger partial charge in [0.15, 0.2) is 0 Å². The van der Waals surface area contributed by atoms with Gasteiger partial charge in [0.25, 0.3) is 0 Å². The molecule has 6 heteroatoms. The van der Waals surface area contributed by atoms with Gasteiger partial charge in [0.05, 0.1) is 20.8 Å². The average Bonchev–Trinajstić information content (AvgIpc) is 2.88. The van der Waals surface area contributed by atoms with Crippen LogP contribution in [0, 0.1) is 5.82 Å². The van der Waals surface area contributed by atoms with Crippen molar-refractivity contribution in [3.05, 3.63) is 58.9 Å². The molecule has 1 aliphatic heterocycles. The van der Waals surface area contributed by atoms with Crippen molar-refractivity contribution >= 4 is 0 Å². The van der Waals surface area contributed by atoms with E-state index in [0.717, 1.165) is 63.3 Å². The van der Waals surface area contributed by atoms with Gasteiger partial charge in [-0.2, -0.15) is 0 Å². The maximum Gasteiger partial charge on any atom is 0.127 e. The largest absolute Gasteiger partial charge is 0.497 e. The molecule has 170 valence electrons. The summed E-state index contributed by atoms with van der Waals surface area (Å²) in [6, 6.07) is 11.3. The first-order valence-corrected chi connectivity index (χ1v) is 11.0. The maximum absolute atomic E-state index is 14.3. The Morgan fingerprint density at radius 3 is 2.16 bits per heavy atom. The van der Waals surface area contributed by atoms with E-state index < -0.39 is 0 Å². The third kappa shape index (κ3) is 6.92. The fourth-order valence-corrected chi connectivity index (χ4v) is 4.23. The van der Waals surface area contributed by atoms with Gasteiger partial charge >= 0.3 is 0 Å². The fourth-order valence-electron chi connectivity index (χ4n) is 4.23. The Bertz CT molecular complexity index is 830. The second-order valence-electron chi connectivity index (χ2n) is 8.15. The van der Waals surface area contributed by atoms with Crippen LogP contribution >= 0.6 is 0 Å². The number of hydrogen-bond acceptors (Lipinski definition) is 5. The minimum Gasteiger partial charge on any atom is -0.497 e. The summed E-state index contributed by atoms with van der Waals surface area (Å²) in [5.74, 6) is 1.42. The highest BCUT2D eigenvalue weighted by Gasteiger charge is 2.15. The van der Waals surface area contributed by atoms with Gasteiger partial charge in [0.1, 0.15) is 17.3 Å². The summed E-state index contributed by atoms with van der Waals surface area (Å²) in [6.45, 7) is 6.16. The first-order chi connectivity index (χ1) is 15.1. The topological polar surface area (TPSA) is 34.2 Å². The summed E-state index contributed by atoms with van der Waals surface area (Å²) in [5.41, 5.74) is 3.07. The van der Waals surface area contributed by atoms with Gasteiger partial charge in [-0.15, -0.1) is 0 Å². The van der Waals surface area contributed by atoms with Crippen LogP contribution in [0.3, 0.4) is 0 Å². The molecule has 5 nitrogen and oxygen atoms in total. The molecule has 0 saturated carbocycles. The third-order valence-electron chi connectivity index (χ3n) is 5.85. The van der Waals surface area contributed by atoms with Gasteiger partial charge in [0, 0.05) is 31.3 Å². The highest BCUT2D eigenvalue weighted by atomic mass is 19.1. The molecule has 0 atom stereocenters. The lowest BCUT2D eigenvalue weighted by Gasteiger charge is -2.23. The molecule has 1 aliphatic rings. The van der Waals surface area contributed by atoms with Crippen LogP contribution in [0.5, 0.6) is 11.5 Å². The normalized spacial score (nSPS) is 16.4. The van der Waals surface area contributed by atoms with E-state index in [1.165, 1.54) is 11.6 Å². The maximum atomic E-state index is 14.3. The number of nitrogens with zero attached hydrogens (tertiary/aromatic N) is 2. The number of benzene rings is 2. The van der Waals surface area contributed by atoms with Crippen molar-refractivity contribution in [1.82, 2.24) is 9.80 Å². The third-order valence-corrected chi connectivity index (χ3v) is 5.85. The summed E-state index contributed by atoms with van der Waals surface area (Å²) < 4.78 is 30.3. The first-order valence-electron chi connectivity index (χ1n) is 11.0. The molecule has 2 aromatic carbocycles. The van der Waals surface area contributed by atoms with E-state index in [2.05, 4.69) is 21.9 Å². The number of methoxy groups -OCH3 is 3. The predicted octanol–water partition coefficient (Wildman–Crippen LogP) is 4.48. The van der Waals surface area contributed by atoms with E-state index >= 15 is 0 Å². The van der Waals surface area contributed by atoms with Crippen LogP contribution in [-0.2, 0) is 24.4 Å². The zero-order valence-electron chi connectivity index (χ0n) is 19.0. The Morgan fingerprint density at radius 2 is 1.48 bits per heavy atom. The lowest BCUT2D eigenvalue weighted by atomic mass is 10.1. The SMILES string of the molecule is COCc1cc(CN2CCCCN(Cc3cc(OC)ccc3F)CCC2)ccc1OC. The predicted molar refractivity (Wildman–Crippen MR) is 121 cm³/mol. The van der Waals surface area contributed by atoms with Crippen molar-refractivity contribution in [2.75, 3.05) is 47.5 Å². The average molecular weight is 431 g/mol. The van der Waals surface area contributed by atoms with Crippen LogP contribution in [0.2, 0.25) is 0 Å². The molecular weight excluding hydrogens is 395 g/mol. The molecule has 0 aromatic heterocycles. The highest BCUT2D eigenvalue weighted by Crippen LogP contribution is 2.23. The van der Waals surface area contributed by atoms with Crippen LogP contribution in [0.4, 0.5) is 4.39 Å². The van der Waals surface area contributed by atoms with Gasteiger partial charge in [0.2, 0.25) is 0 Å². The van der Waals surface area contributed by atoms with Crippen molar-refractivity contribution in [3.8, 4) is 11.5 Å². The smallest absolute Gasteiger partial charge is 0.127 e. The van der Waals surface area contributed by atoms with E-state index in [9.17, 15) is 4.39 Å². The van der Waals surface area contributed by atoms with E-state index in [4.69, 9.17) is 14.2 Å². The van der Waals surface area contributed by atoms with Crippen LogP contribution in [-0.4, -0.2) is 57.3 Å². The Hall–Kier alpha value is -2.15. The lowest BCUT2D eigenvalue weighted by molar-refractivity contribution is 0.181. The van der Waals surface area contributed by atoms with Crippen molar-refractivity contribution in [3.63, 3.8) is 0 Å². The number of hydrogen-bond donors (Lipinski definition) is 0. The first kappa shape index (κ1) is 23.5. The number of ether oxygens (including phenoxy) is 3. The van der Waals surface area contributed by atoms with E-state index in [1.54, 1.807) is 27.4 Å². The summed E-state index contributed by atoms with van der Waals surface area (Å²) in [5, 5.41) is 0. The van der Waals surface area contributed by atoms with Crippen LogP contribution in [0.25, 0.3) is 0 Å². The fraction of sp³-hybridized carbons (Fsp3) is 0.520. The van der Waals surface area contributed by atoms with E-state index in [-0.39, 0.29) is 5.82 Å². The van der Waals surface area contributed by atoms with Gasteiger partial charge < -0.3 is 14.2 Å². The standard InChI is InChI=1S/C25H35FN2O3/c1-29-19-22-15-20(7-10-25(22)31-3)17-27-11-4-5-12-28(14-6-13-27)18-21-16-23(30-2)8-9-24(21)26/h7-10,15-16H,4-6,11-14,17-19H2,1-3H3. The van der Waals surface area contributed by atoms with Crippen molar-refractivity contribution in [1.29, 1.82) is 0 Å². The molecule has 31 heavy (non-hydrogen) atoms. The Labute approximate surface area is 185 Å². The number of rotatable bonds is 8. The Morgan fingerprint density at radius 1 is 0.774 bits per heavy atom. The highest BCUT2D eigenvalue weighted by molar-refractivity contribution is 5.37. The second-order valence-corrected chi connectivity index (χ2v) is 8.15. The van der Waals surface area contributed by atoms with E-state index in [0.29, 0.717) is 24.5 Å². The van der Waals surface area contributed by atoms with Gasteiger partial charge in [-0.3, -0.25) is 9.80 Å². The summed E-state index contributed by atoms with van der Waals surface area (Å²) in [7, 11) is 5.02. The molecule has 0 amide bonds. The monoisotopic (exact) mass is 430 g/mol. The minimum atomic E-state index is -0.159. The summed E-state index contributed by atoms with van der Waals surface area (Å²) in [4.78, 5) is 4.89. The molecule has 0 N–H and O–H groups in total. The molecule has 1 fully saturated rings. The van der Waals surface area contributed by atoms with Crippen LogP contribution in [0.15, 0.2) is 36.4 Å². The van der Waals surface area contributed by atoms with Crippen molar-refractivity contribution in [2.24, 2.45) is 0 Å².